The largest absolute Gasteiger partial charge is 0.478 e. The predicted molar refractivity (Wildman–Crippen MR) is 93.5 cm³/mol. The molecule has 0 saturated carbocycles. The first-order valence-corrected chi connectivity index (χ1v) is 7.78. The van der Waals surface area contributed by atoms with E-state index in [0.29, 0.717) is 22.2 Å². The molecule has 0 radical (unpaired) electrons. The van der Waals surface area contributed by atoms with Crippen molar-refractivity contribution in [3.8, 4) is 0 Å². The molecule has 27 heavy (non-hydrogen) atoms. The van der Waals surface area contributed by atoms with E-state index in [1.54, 1.807) is 0 Å². The van der Waals surface area contributed by atoms with E-state index in [2.05, 4.69) is 4.98 Å². The van der Waals surface area contributed by atoms with Crippen LogP contribution in [0.1, 0.15) is 32.0 Å². The lowest BCUT2D eigenvalue weighted by Gasteiger charge is -2.07. The molecule has 0 spiro atoms. The Balaban J connectivity index is 1.81. The molecular formula is C20H12F3NO3. The van der Waals surface area contributed by atoms with Crippen molar-refractivity contribution in [1.82, 2.24) is 4.98 Å². The number of alkyl halides is 3. The molecule has 136 valence electrons. The van der Waals surface area contributed by atoms with Crippen LogP contribution in [0, 0.1) is 0 Å². The fourth-order valence-electron chi connectivity index (χ4n) is 2.44. The van der Waals surface area contributed by atoms with E-state index in [1.807, 2.05) is 0 Å². The maximum atomic E-state index is 12.7. The minimum absolute atomic E-state index is 0.0740. The number of carboxylic acids is 1. The third-order valence-corrected chi connectivity index (χ3v) is 3.86. The van der Waals surface area contributed by atoms with E-state index in [0.717, 1.165) is 12.1 Å². The Kier molecular flexibility index (Phi) is 4.77. The molecule has 1 N–H and O–H groups in total. The van der Waals surface area contributed by atoms with Gasteiger partial charge in [-0.05, 0) is 48.6 Å². The van der Waals surface area contributed by atoms with Crippen molar-refractivity contribution in [1.29, 1.82) is 0 Å². The molecule has 2 aromatic carbocycles. The SMILES string of the molecule is O=C(O)c1ccc(C(=O)/C=C/c2ccc3cc(C(F)(F)F)ccc3n2)cc1. The van der Waals surface area contributed by atoms with E-state index in [4.69, 9.17) is 5.11 Å². The lowest BCUT2D eigenvalue weighted by atomic mass is 10.1. The summed E-state index contributed by atoms with van der Waals surface area (Å²) in [5.41, 5.74) is 0.429. The molecule has 0 aliphatic carbocycles. The summed E-state index contributed by atoms with van der Waals surface area (Å²) >= 11 is 0. The minimum atomic E-state index is -4.42. The fraction of sp³-hybridized carbons (Fsp3) is 0.0500. The number of hydrogen-bond donors (Lipinski definition) is 1. The van der Waals surface area contributed by atoms with E-state index < -0.39 is 17.7 Å². The van der Waals surface area contributed by atoms with Gasteiger partial charge in [-0.3, -0.25) is 4.79 Å². The lowest BCUT2D eigenvalue weighted by Crippen LogP contribution is -2.04. The molecular weight excluding hydrogens is 359 g/mol. The molecule has 0 fully saturated rings. The number of aromatic nitrogens is 1. The number of carboxylic acid groups (broad SMARTS) is 1. The number of fused-ring (bicyclic) bond motifs is 1. The van der Waals surface area contributed by atoms with Crippen LogP contribution in [-0.2, 0) is 6.18 Å². The van der Waals surface area contributed by atoms with Crippen molar-refractivity contribution < 1.29 is 27.9 Å². The van der Waals surface area contributed by atoms with Gasteiger partial charge in [0, 0.05) is 10.9 Å². The van der Waals surface area contributed by atoms with Crippen LogP contribution in [0.15, 0.2) is 60.7 Å². The molecule has 0 unspecified atom stereocenters. The number of allylic oxidation sites excluding steroid dienone is 1. The highest BCUT2D eigenvalue weighted by Crippen LogP contribution is 2.31. The van der Waals surface area contributed by atoms with Crippen LogP contribution in [0.4, 0.5) is 13.2 Å². The van der Waals surface area contributed by atoms with Gasteiger partial charge in [-0.25, -0.2) is 9.78 Å². The summed E-state index contributed by atoms with van der Waals surface area (Å²) in [6, 6.07) is 11.7. The lowest BCUT2D eigenvalue weighted by molar-refractivity contribution is -0.137. The van der Waals surface area contributed by atoms with Gasteiger partial charge in [0.25, 0.3) is 0 Å². The topological polar surface area (TPSA) is 67.3 Å². The van der Waals surface area contributed by atoms with Gasteiger partial charge in [0.2, 0.25) is 0 Å². The summed E-state index contributed by atoms with van der Waals surface area (Å²) in [5.74, 6) is -1.43. The second kappa shape index (κ2) is 7.03. The van der Waals surface area contributed by atoms with Crippen LogP contribution in [-0.4, -0.2) is 21.8 Å². The summed E-state index contributed by atoms with van der Waals surface area (Å²) in [4.78, 5) is 27.2. The van der Waals surface area contributed by atoms with Gasteiger partial charge in [-0.2, -0.15) is 13.2 Å². The molecule has 3 rings (SSSR count). The van der Waals surface area contributed by atoms with Crippen LogP contribution in [0.3, 0.4) is 0 Å². The number of aromatic carboxylic acids is 1. The summed E-state index contributed by atoms with van der Waals surface area (Å²) in [7, 11) is 0. The van der Waals surface area contributed by atoms with E-state index in [-0.39, 0.29) is 11.3 Å². The molecule has 1 aromatic heterocycles. The Bertz CT molecular complexity index is 1050. The summed E-state index contributed by atoms with van der Waals surface area (Å²) < 4.78 is 38.2. The number of rotatable bonds is 4. The molecule has 0 amide bonds. The number of ketones is 1. The third kappa shape index (κ3) is 4.20. The normalized spacial score (nSPS) is 11.8. The maximum Gasteiger partial charge on any atom is 0.416 e. The van der Waals surface area contributed by atoms with Gasteiger partial charge >= 0.3 is 12.1 Å². The highest BCUT2D eigenvalue weighted by molar-refractivity contribution is 6.07. The highest BCUT2D eigenvalue weighted by atomic mass is 19.4. The third-order valence-electron chi connectivity index (χ3n) is 3.86. The first-order valence-electron chi connectivity index (χ1n) is 7.78. The van der Waals surface area contributed by atoms with Crippen molar-refractivity contribution in [3.05, 3.63) is 83.1 Å². The van der Waals surface area contributed by atoms with Gasteiger partial charge < -0.3 is 5.11 Å². The molecule has 0 saturated heterocycles. The van der Waals surface area contributed by atoms with Gasteiger partial charge in [0.15, 0.2) is 5.78 Å². The monoisotopic (exact) mass is 371 g/mol. The average molecular weight is 371 g/mol. The van der Waals surface area contributed by atoms with Crippen LogP contribution in [0.5, 0.6) is 0 Å². The molecule has 3 aromatic rings. The molecule has 4 nitrogen and oxygen atoms in total. The van der Waals surface area contributed by atoms with Crippen LogP contribution in [0.2, 0.25) is 0 Å². The van der Waals surface area contributed by atoms with Gasteiger partial charge in [0.05, 0.1) is 22.3 Å². The number of pyridine rings is 1. The number of hydrogen-bond acceptors (Lipinski definition) is 3. The van der Waals surface area contributed by atoms with Crippen molar-refractivity contribution in [3.63, 3.8) is 0 Å². The Morgan fingerprint density at radius 2 is 1.59 bits per heavy atom. The molecule has 0 bridgehead atoms. The van der Waals surface area contributed by atoms with E-state index in [1.165, 1.54) is 54.6 Å². The number of carbonyl (C=O) groups excluding carboxylic acids is 1. The van der Waals surface area contributed by atoms with Gasteiger partial charge in [-0.15, -0.1) is 0 Å². The first-order chi connectivity index (χ1) is 12.7. The molecule has 0 aliphatic rings. The fourth-order valence-corrected chi connectivity index (χ4v) is 2.44. The van der Waals surface area contributed by atoms with Crippen molar-refractivity contribution >= 4 is 28.7 Å². The van der Waals surface area contributed by atoms with Gasteiger partial charge in [-0.1, -0.05) is 18.2 Å². The number of halogens is 3. The number of carbonyl (C=O) groups is 2. The quantitative estimate of drug-likeness (QED) is 0.526. The van der Waals surface area contributed by atoms with Gasteiger partial charge in [0.1, 0.15) is 0 Å². The summed E-state index contributed by atoms with van der Waals surface area (Å²) in [6.07, 6.45) is -1.70. The van der Waals surface area contributed by atoms with Crippen molar-refractivity contribution in [2.24, 2.45) is 0 Å². The maximum absolute atomic E-state index is 12.7. The zero-order chi connectivity index (χ0) is 19.6. The van der Waals surface area contributed by atoms with Crippen LogP contribution in [0.25, 0.3) is 17.0 Å². The number of nitrogens with zero attached hydrogens (tertiary/aromatic N) is 1. The number of benzene rings is 2. The average Bonchev–Trinajstić information content (AvgIpc) is 2.64. The zero-order valence-electron chi connectivity index (χ0n) is 13.7. The second-order valence-electron chi connectivity index (χ2n) is 5.72. The Morgan fingerprint density at radius 3 is 2.22 bits per heavy atom. The standard InChI is InChI=1S/C20H12F3NO3/c21-20(22,23)15-6-9-17-14(11-15)5-7-16(24-17)8-10-18(25)12-1-3-13(4-2-12)19(26)27/h1-11H,(H,26,27)/b10-8+. The van der Waals surface area contributed by atoms with E-state index in [9.17, 15) is 22.8 Å². The predicted octanol–water partition coefficient (Wildman–Crippen LogP) is 4.85. The van der Waals surface area contributed by atoms with E-state index >= 15 is 0 Å². The van der Waals surface area contributed by atoms with Crippen molar-refractivity contribution in [2.75, 3.05) is 0 Å². The van der Waals surface area contributed by atoms with Crippen molar-refractivity contribution in [2.45, 2.75) is 6.18 Å². The molecule has 0 atom stereocenters. The smallest absolute Gasteiger partial charge is 0.416 e. The Morgan fingerprint density at radius 1 is 0.926 bits per heavy atom. The Hall–Kier alpha value is -3.48. The van der Waals surface area contributed by atoms with Crippen LogP contribution >= 0.6 is 0 Å². The second-order valence-corrected chi connectivity index (χ2v) is 5.72. The molecule has 0 aliphatic heterocycles. The zero-order valence-corrected chi connectivity index (χ0v) is 13.7. The first kappa shape index (κ1) is 18.3. The minimum Gasteiger partial charge on any atom is -0.478 e. The molecule has 7 heteroatoms. The van der Waals surface area contributed by atoms with Crippen LogP contribution < -0.4 is 0 Å². The summed E-state index contributed by atoms with van der Waals surface area (Å²) in [5, 5.41) is 9.19. The molecule has 1 heterocycles. The summed E-state index contributed by atoms with van der Waals surface area (Å²) in [6.45, 7) is 0. The Labute approximate surface area is 151 Å². The highest BCUT2D eigenvalue weighted by Gasteiger charge is 2.30.